The van der Waals surface area contributed by atoms with Crippen molar-refractivity contribution in [2.75, 3.05) is 13.1 Å². The number of carbonyl (C=O) groups is 2. The van der Waals surface area contributed by atoms with Crippen molar-refractivity contribution in [3.05, 3.63) is 65.5 Å². The highest BCUT2D eigenvalue weighted by Crippen LogP contribution is 2.31. The molecule has 1 fully saturated rings. The van der Waals surface area contributed by atoms with Gasteiger partial charge < -0.3 is 10.0 Å². The Kier molecular flexibility index (Phi) is 4.60. The third kappa shape index (κ3) is 3.30. The zero-order valence-electron chi connectivity index (χ0n) is 13.6. The van der Waals surface area contributed by atoms with Crippen LogP contribution in [-0.4, -0.2) is 40.0 Å². The average Bonchev–Trinajstić information content (AvgIpc) is 2.62. The van der Waals surface area contributed by atoms with Gasteiger partial charge in [-0.2, -0.15) is 0 Å². The molecule has 2 heterocycles. The number of aryl methyl sites for hydroxylation is 1. The first-order chi connectivity index (χ1) is 11.6. The van der Waals surface area contributed by atoms with E-state index in [1.54, 1.807) is 30.2 Å². The van der Waals surface area contributed by atoms with E-state index in [9.17, 15) is 14.7 Å². The van der Waals surface area contributed by atoms with E-state index in [2.05, 4.69) is 4.98 Å². The SMILES string of the molecule is Cc1ncccc1C(=O)N1CC(C(=O)O)CC(c2ccccc2)C1. The van der Waals surface area contributed by atoms with Crippen LogP contribution in [0.5, 0.6) is 0 Å². The standard InChI is InChI=1S/C19H20N2O3/c1-13-17(8-5-9-20-13)18(22)21-11-15(10-16(12-21)19(23)24)14-6-3-2-4-7-14/h2-9,15-16H,10-12H2,1H3,(H,23,24). The minimum absolute atomic E-state index is 0.0296. The lowest BCUT2D eigenvalue weighted by Gasteiger charge is -2.36. The van der Waals surface area contributed by atoms with Gasteiger partial charge in [-0.3, -0.25) is 14.6 Å². The maximum absolute atomic E-state index is 12.9. The van der Waals surface area contributed by atoms with E-state index >= 15 is 0 Å². The Hall–Kier alpha value is -2.69. The van der Waals surface area contributed by atoms with Gasteiger partial charge in [0, 0.05) is 30.9 Å². The Morgan fingerprint density at radius 1 is 1.12 bits per heavy atom. The van der Waals surface area contributed by atoms with Gasteiger partial charge in [0.2, 0.25) is 0 Å². The Morgan fingerprint density at radius 3 is 2.54 bits per heavy atom. The number of pyridine rings is 1. The van der Waals surface area contributed by atoms with Crippen LogP contribution in [0.2, 0.25) is 0 Å². The number of aliphatic carboxylic acids is 1. The number of likely N-dealkylation sites (tertiary alicyclic amines) is 1. The van der Waals surface area contributed by atoms with Gasteiger partial charge >= 0.3 is 5.97 Å². The molecule has 1 saturated heterocycles. The molecule has 3 rings (SSSR count). The summed E-state index contributed by atoms with van der Waals surface area (Å²) in [6.07, 6.45) is 2.20. The first kappa shape index (κ1) is 16.2. The first-order valence-electron chi connectivity index (χ1n) is 8.05. The molecule has 5 heteroatoms. The number of piperidine rings is 1. The van der Waals surface area contributed by atoms with Crippen LogP contribution in [-0.2, 0) is 4.79 Å². The van der Waals surface area contributed by atoms with E-state index < -0.39 is 11.9 Å². The monoisotopic (exact) mass is 324 g/mol. The molecule has 0 bridgehead atoms. The summed E-state index contributed by atoms with van der Waals surface area (Å²) in [5.41, 5.74) is 2.27. The largest absolute Gasteiger partial charge is 0.481 e. The highest BCUT2D eigenvalue weighted by Gasteiger charge is 2.35. The molecule has 1 aromatic heterocycles. The molecular weight excluding hydrogens is 304 g/mol. The van der Waals surface area contributed by atoms with Crippen molar-refractivity contribution >= 4 is 11.9 Å². The van der Waals surface area contributed by atoms with Gasteiger partial charge in [-0.1, -0.05) is 30.3 Å². The number of amides is 1. The third-order valence-electron chi connectivity index (χ3n) is 4.60. The van der Waals surface area contributed by atoms with Crippen molar-refractivity contribution in [3.63, 3.8) is 0 Å². The summed E-state index contributed by atoms with van der Waals surface area (Å²) in [4.78, 5) is 30.2. The molecule has 2 unspecified atom stereocenters. The molecule has 1 aliphatic rings. The fourth-order valence-corrected chi connectivity index (χ4v) is 3.29. The maximum atomic E-state index is 12.9. The van der Waals surface area contributed by atoms with Gasteiger partial charge in [-0.05, 0) is 31.0 Å². The molecule has 2 aromatic rings. The van der Waals surface area contributed by atoms with Crippen LogP contribution in [0.25, 0.3) is 0 Å². The fraction of sp³-hybridized carbons (Fsp3) is 0.316. The van der Waals surface area contributed by atoms with Crippen LogP contribution in [0.3, 0.4) is 0 Å². The fourth-order valence-electron chi connectivity index (χ4n) is 3.29. The Morgan fingerprint density at radius 2 is 1.88 bits per heavy atom. The maximum Gasteiger partial charge on any atom is 0.308 e. The third-order valence-corrected chi connectivity index (χ3v) is 4.60. The second kappa shape index (κ2) is 6.83. The summed E-state index contributed by atoms with van der Waals surface area (Å²) in [6.45, 7) is 2.56. The second-order valence-corrected chi connectivity index (χ2v) is 6.22. The molecular formula is C19H20N2O3. The molecule has 24 heavy (non-hydrogen) atoms. The predicted molar refractivity (Wildman–Crippen MR) is 89.8 cm³/mol. The quantitative estimate of drug-likeness (QED) is 0.942. The molecule has 0 spiro atoms. The zero-order chi connectivity index (χ0) is 17.1. The second-order valence-electron chi connectivity index (χ2n) is 6.22. The van der Waals surface area contributed by atoms with Gasteiger partial charge in [-0.25, -0.2) is 0 Å². The van der Waals surface area contributed by atoms with E-state index in [1.807, 2.05) is 30.3 Å². The van der Waals surface area contributed by atoms with Gasteiger partial charge in [0.15, 0.2) is 0 Å². The lowest BCUT2D eigenvalue weighted by atomic mass is 9.84. The number of hydrogen-bond donors (Lipinski definition) is 1. The number of hydrogen-bond acceptors (Lipinski definition) is 3. The predicted octanol–water partition coefficient (Wildman–Crippen LogP) is 2.72. The van der Waals surface area contributed by atoms with Crippen molar-refractivity contribution in [1.29, 1.82) is 0 Å². The van der Waals surface area contributed by atoms with Crippen LogP contribution in [0, 0.1) is 12.8 Å². The Labute approximate surface area is 140 Å². The highest BCUT2D eigenvalue weighted by atomic mass is 16.4. The van der Waals surface area contributed by atoms with E-state index in [-0.39, 0.29) is 18.4 Å². The minimum Gasteiger partial charge on any atom is -0.481 e. The van der Waals surface area contributed by atoms with Crippen molar-refractivity contribution in [1.82, 2.24) is 9.88 Å². The Bertz CT molecular complexity index is 745. The summed E-state index contributed by atoms with van der Waals surface area (Å²) >= 11 is 0. The summed E-state index contributed by atoms with van der Waals surface area (Å²) in [5.74, 6) is -1.52. The molecule has 0 saturated carbocycles. The van der Waals surface area contributed by atoms with Gasteiger partial charge in [0.25, 0.3) is 5.91 Å². The summed E-state index contributed by atoms with van der Waals surface area (Å²) in [7, 11) is 0. The highest BCUT2D eigenvalue weighted by molar-refractivity contribution is 5.95. The van der Waals surface area contributed by atoms with Crippen LogP contribution in [0.1, 0.15) is 34.0 Å². The van der Waals surface area contributed by atoms with Crippen LogP contribution < -0.4 is 0 Å². The molecule has 1 N–H and O–H groups in total. The number of nitrogens with zero attached hydrogens (tertiary/aromatic N) is 2. The number of carboxylic acid groups (broad SMARTS) is 1. The lowest BCUT2D eigenvalue weighted by molar-refractivity contribution is -0.143. The number of aromatic nitrogens is 1. The number of rotatable bonds is 3. The molecule has 5 nitrogen and oxygen atoms in total. The van der Waals surface area contributed by atoms with E-state index in [0.29, 0.717) is 24.2 Å². The number of benzene rings is 1. The zero-order valence-corrected chi connectivity index (χ0v) is 13.6. The van der Waals surface area contributed by atoms with E-state index in [4.69, 9.17) is 0 Å². The Balaban J connectivity index is 1.88. The summed E-state index contributed by atoms with van der Waals surface area (Å²) in [5, 5.41) is 9.48. The normalized spacial score (nSPS) is 20.6. The van der Waals surface area contributed by atoms with Crippen molar-refractivity contribution in [3.8, 4) is 0 Å². The molecule has 2 atom stereocenters. The van der Waals surface area contributed by atoms with Gasteiger partial charge in [0.05, 0.1) is 11.5 Å². The molecule has 1 amide bonds. The average molecular weight is 324 g/mol. The van der Waals surface area contributed by atoms with Crippen LogP contribution in [0.15, 0.2) is 48.7 Å². The first-order valence-corrected chi connectivity index (χ1v) is 8.05. The topological polar surface area (TPSA) is 70.5 Å². The van der Waals surface area contributed by atoms with E-state index in [1.165, 1.54) is 0 Å². The molecule has 0 radical (unpaired) electrons. The lowest BCUT2D eigenvalue weighted by Crippen LogP contribution is -2.45. The molecule has 1 aromatic carbocycles. The molecule has 0 aliphatic carbocycles. The van der Waals surface area contributed by atoms with Gasteiger partial charge in [-0.15, -0.1) is 0 Å². The smallest absolute Gasteiger partial charge is 0.308 e. The summed E-state index contributed by atoms with van der Waals surface area (Å²) in [6, 6.07) is 13.3. The number of carboxylic acids is 1. The van der Waals surface area contributed by atoms with Crippen molar-refractivity contribution < 1.29 is 14.7 Å². The molecule has 1 aliphatic heterocycles. The summed E-state index contributed by atoms with van der Waals surface area (Å²) < 4.78 is 0. The van der Waals surface area contributed by atoms with Crippen molar-refractivity contribution in [2.45, 2.75) is 19.3 Å². The van der Waals surface area contributed by atoms with Crippen molar-refractivity contribution in [2.24, 2.45) is 5.92 Å². The van der Waals surface area contributed by atoms with E-state index in [0.717, 1.165) is 5.56 Å². The number of carbonyl (C=O) groups excluding carboxylic acids is 1. The van der Waals surface area contributed by atoms with Gasteiger partial charge in [0.1, 0.15) is 0 Å². The molecule has 124 valence electrons. The van der Waals surface area contributed by atoms with Crippen LogP contribution in [0.4, 0.5) is 0 Å². The minimum atomic E-state index is -0.851. The van der Waals surface area contributed by atoms with Crippen LogP contribution >= 0.6 is 0 Å².